The first kappa shape index (κ1) is 21.2. The lowest BCUT2D eigenvalue weighted by Gasteiger charge is -2.12. The van der Waals surface area contributed by atoms with Crippen LogP contribution < -0.4 is 0 Å². The normalized spacial score (nSPS) is 13.2. The molecule has 1 aromatic heterocycles. The molecule has 6 aromatic rings. The Morgan fingerprint density at radius 3 is 2.19 bits per heavy atom. The van der Waals surface area contributed by atoms with Gasteiger partial charge in [-0.2, -0.15) is 0 Å². The van der Waals surface area contributed by atoms with Crippen molar-refractivity contribution < 1.29 is 0 Å². The predicted octanol–water partition coefficient (Wildman–Crippen LogP) is 9.54. The molecule has 1 nitrogen and oxygen atoms in total. The maximum atomic E-state index is 2.41. The molecular formula is C35H29N. The fraction of sp³-hybridized carbons (Fsp3) is 0.143. The van der Waals surface area contributed by atoms with Crippen molar-refractivity contribution in [2.45, 2.75) is 32.6 Å². The van der Waals surface area contributed by atoms with E-state index in [9.17, 15) is 0 Å². The molecule has 0 bridgehead atoms. The summed E-state index contributed by atoms with van der Waals surface area (Å²) in [5.74, 6) is 0.582. The monoisotopic (exact) mass is 463 g/mol. The zero-order valence-corrected chi connectivity index (χ0v) is 20.8. The van der Waals surface area contributed by atoms with Gasteiger partial charge in [0.2, 0.25) is 0 Å². The molecule has 1 atom stereocenters. The Labute approximate surface area is 212 Å². The van der Waals surface area contributed by atoms with Gasteiger partial charge in [-0.15, -0.1) is 0 Å². The van der Waals surface area contributed by atoms with Crippen molar-refractivity contribution >= 4 is 21.8 Å². The Bertz CT molecular complexity index is 1750. The van der Waals surface area contributed by atoms with Gasteiger partial charge >= 0.3 is 0 Å². The molecule has 0 aliphatic heterocycles. The number of fused-ring (bicyclic) bond motifs is 6. The predicted molar refractivity (Wildman–Crippen MR) is 153 cm³/mol. The molecule has 0 saturated carbocycles. The van der Waals surface area contributed by atoms with E-state index in [1.807, 2.05) is 0 Å². The minimum atomic E-state index is 0.582. The van der Waals surface area contributed by atoms with Crippen molar-refractivity contribution in [3.05, 3.63) is 126 Å². The lowest BCUT2D eigenvalue weighted by atomic mass is 9.97. The Kier molecular flexibility index (Phi) is 4.85. The van der Waals surface area contributed by atoms with Crippen molar-refractivity contribution in [1.29, 1.82) is 0 Å². The molecule has 0 radical (unpaired) electrons. The third-order valence-electron chi connectivity index (χ3n) is 8.14. The average Bonchev–Trinajstić information content (AvgIpc) is 3.47. The molecule has 0 spiro atoms. The van der Waals surface area contributed by atoms with Gasteiger partial charge in [0.25, 0.3) is 0 Å². The van der Waals surface area contributed by atoms with Crippen molar-refractivity contribution in [1.82, 2.24) is 4.57 Å². The molecule has 0 fully saturated rings. The molecule has 1 aliphatic carbocycles. The van der Waals surface area contributed by atoms with E-state index in [4.69, 9.17) is 0 Å². The van der Waals surface area contributed by atoms with E-state index < -0.39 is 0 Å². The summed E-state index contributed by atoms with van der Waals surface area (Å²) in [6.07, 6.45) is 2.19. The maximum absolute atomic E-state index is 2.41. The lowest BCUT2D eigenvalue weighted by molar-refractivity contribution is 0.733. The molecule has 1 aliphatic rings. The smallest absolute Gasteiger partial charge is 0.0541 e. The highest BCUT2D eigenvalue weighted by molar-refractivity contribution is 6.10. The number of nitrogens with zero attached hydrogens (tertiary/aromatic N) is 1. The van der Waals surface area contributed by atoms with E-state index in [0.717, 1.165) is 12.8 Å². The van der Waals surface area contributed by atoms with Crippen LogP contribution in [0.25, 0.3) is 49.7 Å². The van der Waals surface area contributed by atoms with E-state index >= 15 is 0 Å². The zero-order valence-electron chi connectivity index (χ0n) is 20.8. The number of hydrogen-bond donors (Lipinski definition) is 0. The van der Waals surface area contributed by atoms with Crippen LogP contribution in [0.5, 0.6) is 0 Å². The summed E-state index contributed by atoms with van der Waals surface area (Å²) in [5.41, 5.74) is 13.3. The first-order chi connectivity index (χ1) is 17.7. The van der Waals surface area contributed by atoms with Crippen LogP contribution in [-0.2, 0) is 6.42 Å². The second kappa shape index (κ2) is 8.24. The molecule has 1 heterocycles. The van der Waals surface area contributed by atoms with Gasteiger partial charge < -0.3 is 4.57 Å². The van der Waals surface area contributed by atoms with Crippen LogP contribution in [0.15, 0.2) is 109 Å². The Balaban J connectivity index is 1.38. The Morgan fingerprint density at radius 1 is 0.639 bits per heavy atom. The molecule has 0 saturated heterocycles. The van der Waals surface area contributed by atoms with Gasteiger partial charge in [-0.05, 0) is 94.1 Å². The van der Waals surface area contributed by atoms with E-state index in [-0.39, 0.29) is 0 Å². The van der Waals surface area contributed by atoms with E-state index in [2.05, 4.69) is 128 Å². The third kappa shape index (κ3) is 3.23. The van der Waals surface area contributed by atoms with Gasteiger partial charge in [-0.25, -0.2) is 0 Å². The number of para-hydroxylation sites is 1. The lowest BCUT2D eigenvalue weighted by Crippen LogP contribution is -1.96. The van der Waals surface area contributed by atoms with Crippen LogP contribution in [0.3, 0.4) is 0 Å². The minimum Gasteiger partial charge on any atom is -0.309 e. The second-order valence-corrected chi connectivity index (χ2v) is 10.2. The largest absolute Gasteiger partial charge is 0.309 e. The van der Waals surface area contributed by atoms with Crippen molar-refractivity contribution in [3.63, 3.8) is 0 Å². The molecule has 7 rings (SSSR count). The Hall–Kier alpha value is -4.10. The van der Waals surface area contributed by atoms with Crippen LogP contribution in [0, 0.1) is 0 Å². The van der Waals surface area contributed by atoms with Gasteiger partial charge in [-0.1, -0.05) is 86.6 Å². The summed E-state index contributed by atoms with van der Waals surface area (Å²) in [6, 6.07) is 40.7. The third-order valence-corrected chi connectivity index (χ3v) is 8.14. The average molecular weight is 464 g/mol. The fourth-order valence-corrected chi connectivity index (χ4v) is 5.92. The van der Waals surface area contributed by atoms with Gasteiger partial charge in [0.05, 0.1) is 11.0 Å². The summed E-state index contributed by atoms with van der Waals surface area (Å²) < 4.78 is 2.41. The molecule has 174 valence electrons. The minimum absolute atomic E-state index is 0.582. The maximum Gasteiger partial charge on any atom is 0.0541 e. The van der Waals surface area contributed by atoms with Crippen LogP contribution in [-0.4, -0.2) is 4.57 Å². The molecular weight excluding hydrogens is 434 g/mol. The van der Waals surface area contributed by atoms with Gasteiger partial charge in [0.1, 0.15) is 0 Å². The zero-order chi connectivity index (χ0) is 24.2. The van der Waals surface area contributed by atoms with Crippen LogP contribution in [0.2, 0.25) is 0 Å². The van der Waals surface area contributed by atoms with E-state index in [0.29, 0.717) is 5.92 Å². The fourth-order valence-electron chi connectivity index (χ4n) is 5.92. The molecule has 0 amide bonds. The van der Waals surface area contributed by atoms with Crippen LogP contribution >= 0.6 is 0 Å². The van der Waals surface area contributed by atoms with Gasteiger partial charge in [0.15, 0.2) is 0 Å². The summed E-state index contributed by atoms with van der Waals surface area (Å²) in [5, 5.41) is 2.60. The standard InChI is InChI=1S/C35H29N/c1-3-23(2)24-14-17-29(18-15-24)36-34-11-7-6-10-31(34)33-22-26(16-19-35(33)36)25-12-13-28-20-27-8-4-5-9-30(27)32(28)21-25/h4-19,21-23H,3,20H2,1-2H3. The second-order valence-electron chi connectivity index (χ2n) is 10.2. The quantitative estimate of drug-likeness (QED) is 0.245. The topological polar surface area (TPSA) is 4.93 Å². The van der Waals surface area contributed by atoms with E-state index in [1.165, 1.54) is 66.4 Å². The summed E-state index contributed by atoms with van der Waals surface area (Å²) >= 11 is 0. The van der Waals surface area contributed by atoms with Crippen LogP contribution in [0.4, 0.5) is 0 Å². The first-order valence-electron chi connectivity index (χ1n) is 13.1. The van der Waals surface area contributed by atoms with Gasteiger partial charge in [-0.3, -0.25) is 0 Å². The highest BCUT2D eigenvalue weighted by Crippen LogP contribution is 2.40. The number of rotatable bonds is 4. The first-order valence-corrected chi connectivity index (χ1v) is 13.1. The van der Waals surface area contributed by atoms with Crippen molar-refractivity contribution in [3.8, 4) is 27.9 Å². The highest BCUT2D eigenvalue weighted by atomic mass is 15.0. The van der Waals surface area contributed by atoms with Gasteiger partial charge in [0, 0.05) is 16.5 Å². The summed E-state index contributed by atoms with van der Waals surface area (Å²) in [4.78, 5) is 0. The Morgan fingerprint density at radius 2 is 1.33 bits per heavy atom. The summed E-state index contributed by atoms with van der Waals surface area (Å²) in [7, 11) is 0. The number of hydrogen-bond acceptors (Lipinski definition) is 0. The van der Waals surface area contributed by atoms with Crippen LogP contribution in [0.1, 0.15) is 42.9 Å². The van der Waals surface area contributed by atoms with Crippen molar-refractivity contribution in [2.75, 3.05) is 0 Å². The molecule has 5 aromatic carbocycles. The highest BCUT2D eigenvalue weighted by Gasteiger charge is 2.19. The number of aromatic nitrogens is 1. The molecule has 36 heavy (non-hydrogen) atoms. The SMILES string of the molecule is CCC(C)c1ccc(-n2c3ccccc3c3cc(-c4ccc5c(c4)-c4ccccc4C5)ccc32)cc1. The van der Waals surface area contributed by atoms with Crippen molar-refractivity contribution in [2.24, 2.45) is 0 Å². The molecule has 1 unspecified atom stereocenters. The molecule has 1 heteroatoms. The van der Waals surface area contributed by atoms with E-state index in [1.54, 1.807) is 0 Å². The molecule has 0 N–H and O–H groups in total. The summed E-state index contributed by atoms with van der Waals surface area (Å²) in [6.45, 7) is 4.55. The number of benzene rings is 5.